The van der Waals surface area contributed by atoms with E-state index in [0.717, 1.165) is 0 Å². The van der Waals surface area contributed by atoms with Gasteiger partial charge in [0.05, 0.1) is 0 Å². The van der Waals surface area contributed by atoms with Crippen molar-refractivity contribution < 1.29 is 19.2 Å². The van der Waals surface area contributed by atoms with Gasteiger partial charge in [-0.15, -0.1) is 0 Å². The number of nitrogens with one attached hydrogen (secondary N) is 1. The Kier molecular flexibility index (Phi) is 19.1. The van der Waals surface area contributed by atoms with Gasteiger partial charge in [-0.2, -0.15) is 0 Å². The number of hydrogen-bond donors (Lipinski definition) is 4. The van der Waals surface area contributed by atoms with Crippen LogP contribution in [0, 0.1) is 0 Å². The average Bonchev–Trinajstić information content (AvgIpc) is 2.34. The molecule has 0 rings (SSSR count). The number of phosphoric acid groups is 1. The SMILES string of the molecule is CCCCCCCCNCCCCCC.O=P(O)(O)O. The summed E-state index contributed by atoms with van der Waals surface area (Å²) in [6, 6.07) is 0. The van der Waals surface area contributed by atoms with Crippen LogP contribution in [-0.2, 0) is 4.57 Å². The van der Waals surface area contributed by atoms with Crippen molar-refractivity contribution in [1.82, 2.24) is 5.32 Å². The van der Waals surface area contributed by atoms with E-state index in [1.54, 1.807) is 0 Å². The Balaban J connectivity index is 0. The van der Waals surface area contributed by atoms with Crippen LogP contribution >= 0.6 is 7.82 Å². The van der Waals surface area contributed by atoms with Crippen LogP contribution in [0.4, 0.5) is 0 Å². The molecule has 0 aromatic heterocycles. The second kappa shape index (κ2) is 17.1. The van der Waals surface area contributed by atoms with Gasteiger partial charge < -0.3 is 20.0 Å². The molecule has 0 aliphatic rings. The summed E-state index contributed by atoms with van der Waals surface area (Å²) in [5, 5.41) is 3.54. The molecule has 0 fully saturated rings. The third kappa shape index (κ3) is 36.1. The minimum absolute atomic E-state index is 1.23. The summed E-state index contributed by atoms with van der Waals surface area (Å²) in [6.45, 7) is 7.01. The Morgan fingerprint density at radius 2 is 1.00 bits per heavy atom. The summed E-state index contributed by atoms with van der Waals surface area (Å²) < 4.78 is 8.88. The van der Waals surface area contributed by atoms with Crippen LogP contribution < -0.4 is 5.32 Å². The Morgan fingerprint density at radius 3 is 1.40 bits per heavy atom. The van der Waals surface area contributed by atoms with Gasteiger partial charge in [0, 0.05) is 0 Å². The largest absolute Gasteiger partial charge is 0.466 e. The molecule has 0 aromatic rings. The Bertz CT molecular complexity index is 201. The van der Waals surface area contributed by atoms with Crippen LogP contribution in [0.3, 0.4) is 0 Å². The van der Waals surface area contributed by atoms with Crippen molar-refractivity contribution in [2.45, 2.75) is 78.1 Å². The highest BCUT2D eigenvalue weighted by Crippen LogP contribution is 2.25. The van der Waals surface area contributed by atoms with Crippen LogP contribution in [0.1, 0.15) is 78.1 Å². The summed E-state index contributed by atoms with van der Waals surface area (Å²) in [6.07, 6.45) is 14.0. The highest BCUT2D eigenvalue weighted by molar-refractivity contribution is 7.45. The van der Waals surface area contributed by atoms with Gasteiger partial charge in [0.25, 0.3) is 0 Å². The molecule has 0 aromatic carbocycles. The zero-order valence-electron chi connectivity index (χ0n) is 13.2. The first kappa shape index (κ1) is 22.4. The molecule has 0 heterocycles. The average molecular weight is 311 g/mol. The molecule has 0 aliphatic carbocycles. The van der Waals surface area contributed by atoms with Crippen molar-refractivity contribution in [1.29, 1.82) is 0 Å². The predicted molar refractivity (Wildman–Crippen MR) is 84.7 cm³/mol. The Labute approximate surface area is 124 Å². The quantitative estimate of drug-likeness (QED) is 0.327. The van der Waals surface area contributed by atoms with Crippen molar-refractivity contribution in [2.75, 3.05) is 13.1 Å². The fourth-order valence-corrected chi connectivity index (χ4v) is 1.83. The molecule has 0 spiro atoms. The van der Waals surface area contributed by atoms with Crippen LogP contribution in [-0.4, -0.2) is 27.8 Å². The zero-order valence-corrected chi connectivity index (χ0v) is 14.1. The first-order valence-corrected chi connectivity index (χ1v) is 9.47. The van der Waals surface area contributed by atoms with Crippen LogP contribution in [0.2, 0.25) is 0 Å². The lowest BCUT2D eigenvalue weighted by Crippen LogP contribution is -2.16. The highest BCUT2D eigenvalue weighted by Gasteiger charge is 2.00. The second-order valence-electron chi connectivity index (χ2n) is 5.09. The smallest absolute Gasteiger partial charge is 0.317 e. The van der Waals surface area contributed by atoms with Crippen molar-refractivity contribution in [3.05, 3.63) is 0 Å². The maximum Gasteiger partial charge on any atom is 0.466 e. The van der Waals surface area contributed by atoms with Gasteiger partial charge in [-0.05, 0) is 25.9 Å². The number of hydrogen-bond acceptors (Lipinski definition) is 2. The Hall–Kier alpha value is 0.0700. The number of rotatable bonds is 12. The van der Waals surface area contributed by atoms with Crippen molar-refractivity contribution in [3.8, 4) is 0 Å². The van der Waals surface area contributed by atoms with Gasteiger partial charge in [-0.3, -0.25) is 0 Å². The topological polar surface area (TPSA) is 89.8 Å². The molecule has 0 unspecified atom stereocenters. The molecule has 5 nitrogen and oxygen atoms in total. The summed E-state index contributed by atoms with van der Waals surface area (Å²) in [4.78, 5) is 21.6. The van der Waals surface area contributed by atoms with Gasteiger partial charge in [-0.25, -0.2) is 4.57 Å². The van der Waals surface area contributed by atoms with E-state index in [1.165, 1.54) is 77.3 Å². The monoisotopic (exact) mass is 311 g/mol. The summed E-state index contributed by atoms with van der Waals surface area (Å²) in [7, 11) is -4.64. The van der Waals surface area contributed by atoms with E-state index < -0.39 is 7.82 Å². The van der Waals surface area contributed by atoms with E-state index in [-0.39, 0.29) is 0 Å². The summed E-state index contributed by atoms with van der Waals surface area (Å²) in [5.74, 6) is 0. The lowest BCUT2D eigenvalue weighted by atomic mass is 10.1. The van der Waals surface area contributed by atoms with Gasteiger partial charge in [0.2, 0.25) is 0 Å². The molecule has 0 saturated carbocycles. The molecule has 20 heavy (non-hydrogen) atoms. The van der Waals surface area contributed by atoms with E-state index in [0.29, 0.717) is 0 Å². The summed E-state index contributed by atoms with van der Waals surface area (Å²) in [5.41, 5.74) is 0. The summed E-state index contributed by atoms with van der Waals surface area (Å²) >= 11 is 0. The van der Waals surface area contributed by atoms with Crippen molar-refractivity contribution >= 4 is 7.82 Å². The predicted octanol–water partition coefficient (Wildman–Crippen LogP) is 3.59. The standard InChI is InChI=1S/C14H31N.H3O4P/c1-3-5-7-9-10-12-14-15-13-11-8-6-4-2;1-5(2,3)4/h15H,3-14H2,1-2H3;(H3,1,2,3,4). The van der Waals surface area contributed by atoms with Gasteiger partial charge in [0.1, 0.15) is 0 Å². The van der Waals surface area contributed by atoms with Gasteiger partial charge in [-0.1, -0.05) is 65.2 Å². The molecular formula is C14H34NO4P. The lowest BCUT2D eigenvalue weighted by molar-refractivity contribution is 0.275. The molecule has 0 amide bonds. The maximum atomic E-state index is 8.88. The van der Waals surface area contributed by atoms with Crippen LogP contribution in [0.15, 0.2) is 0 Å². The van der Waals surface area contributed by atoms with E-state index in [9.17, 15) is 0 Å². The lowest BCUT2D eigenvalue weighted by Gasteiger charge is -2.04. The van der Waals surface area contributed by atoms with E-state index in [1.807, 2.05) is 0 Å². The minimum atomic E-state index is -4.64. The Morgan fingerprint density at radius 1 is 0.700 bits per heavy atom. The fraction of sp³-hybridized carbons (Fsp3) is 1.00. The highest BCUT2D eigenvalue weighted by atomic mass is 31.2. The molecule has 0 aliphatic heterocycles. The normalized spacial score (nSPS) is 11.1. The molecule has 0 radical (unpaired) electrons. The zero-order chi connectivity index (χ0) is 15.7. The molecule has 0 atom stereocenters. The first-order chi connectivity index (χ1) is 9.41. The third-order valence-corrected chi connectivity index (χ3v) is 2.91. The van der Waals surface area contributed by atoms with Gasteiger partial charge >= 0.3 is 7.82 Å². The minimum Gasteiger partial charge on any atom is -0.317 e. The molecule has 6 heteroatoms. The molecule has 4 N–H and O–H groups in total. The first-order valence-electron chi connectivity index (χ1n) is 7.90. The second-order valence-corrected chi connectivity index (χ2v) is 6.12. The molecule has 124 valence electrons. The molecule has 0 saturated heterocycles. The third-order valence-electron chi connectivity index (χ3n) is 2.91. The number of unbranched alkanes of at least 4 members (excludes halogenated alkanes) is 8. The van der Waals surface area contributed by atoms with Crippen LogP contribution in [0.5, 0.6) is 0 Å². The van der Waals surface area contributed by atoms with Crippen LogP contribution in [0.25, 0.3) is 0 Å². The molecular weight excluding hydrogens is 277 g/mol. The van der Waals surface area contributed by atoms with E-state index >= 15 is 0 Å². The molecule has 0 bridgehead atoms. The fourth-order valence-electron chi connectivity index (χ4n) is 1.83. The van der Waals surface area contributed by atoms with Gasteiger partial charge in [0.15, 0.2) is 0 Å². The van der Waals surface area contributed by atoms with E-state index in [2.05, 4.69) is 19.2 Å². The van der Waals surface area contributed by atoms with Crippen molar-refractivity contribution in [3.63, 3.8) is 0 Å². The van der Waals surface area contributed by atoms with E-state index in [4.69, 9.17) is 19.2 Å². The van der Waals surface area contributed by atoms with Crippen molar-refractivity contribution in [2.24, 2.45) is 0 Å². The maximum absolute atomic E-state index is 8.88.